The minimum Gasteiger partial charge on any atom is -0.348 e. The second kappa shape index (κ2) is 6.71. The van der Waals surface area contributed by atoms with Gasteiger partial charge < -0.3 is 9.80 Å². The number of fused-ring (bicyclic) bond motifs is 1. The number of rotatable bonds is 3. The zero-order valence-electron chi connectivity index (χ0n) is 15.2. The number of aromatic amines is 2. The highest BCUT2D eigenvalue weighted by atomic mass is 16.2. The van der Waals surface area contributed by atoms with Gasteiger partial charge in [0.15, 0.2) is 0 Å². The number of carbonyl (C=O) groups is 1. The molecule has 138 valence electrons. The lowest BCUT2D eigenvalue weighted by Gasteiger charge is -2.28. The molecule has 0 unspecified atom stereocenters. The molecule has 3 aromatic rings. The fourth-order valence-electron chi connectivity index (χ4n) is 3.20. The summed E-state index contributed by atoms with van der Waals surface area (Å²) in [5.41, 5.74) is 3.69. The number of carbonyl (C=O) groups excluding carboxylic acids is 1. The van der Waals surface area contributed by atoms with Gasteiger partial charge in [-0.3, -0.25) is 19.7 Å². The van der Waals surface area contributed by atoms with E-state index in [2.05, 4.69) is 20.2 Å². The normalized spacial score (nSPS) is 13.3. The molecule has 8 heteroatoms. The van der Waals surface area contributed by atoms with Crippen molar-refractivity contribution in [3.05, 3.63) is 63.7 Å². The molecule has 0 saturated heterocycles. The van der Waals surface area contributed by atoms with E-state index in [1.54, 1.807) is 16.0 Å². The fraction of sp³-hybridized carbons (Fsp3) is 0.263. The third-order valence-corrected chi connectivity index (χ3v) is 4.72. The quantitative estimate of drug-likeness (QED) is 0.733. The third-order valence-electron chi connectivity index (χ3n) is 4.72. The molecule has 4 rings (SSSR count). The van der Waals surface area contributed by atoms with Crippen molar-refractivity contribution in [2.45, 2.75) is 13.0 Å². The Hall–Kier alpha value is -3.42. The number of aromatic nitrogens is 4. The summed E-state index contributed by atoms with van der Waals surface area (Å²) in [5.74, 6) is 0.433. The Balaban J connectivity index is 1.56. The summed E-state index contributed by atoms with van der Waals surface area (Å²) < 4.78 is 0. The monoisotopic (exact) mass is 364 g/mol. The minimum absolute atomic E-state index is 0.0645. The number of hydrogen-bond donors (Lipinski definition) is 2. The van der Waals surface area contributed by atoms with E-state index < -0.39 is 0 Å². The molecule has 2 aromatic heterocycles. The van der Waals surface area contributed by atoms with Gasteiger partial charge in [-0.15, -0.1) is 0 Å². The molecule has 1 aromatic carbocycles. The zero-order valence-corrected chi connectivity index (χ0v) is 15.2. The van der Waals surface area contributed by atoms with Crippen LogP contribution < -0.4 is 10.5 Å². The highest BCUT2D eigenvalue weighted by molar-refractivity contribution is 5.94. The number of benzene rings is 1. The van der Waals surface area contributed by atoms with Gasteiger partial charge in [-0.2, -0.15) is 5.10 Å². The summed E-state index contributed by atoms with van der Waals surface area (Å²) in [4.78, 5) is 35.9. The van der Waals surface area contributed by atoms with Crippen molar-refractivity contribution in [1.29, 1.82) is 0 Å². The maximum Gasteiger partial charge on any atom is 0.255 e. The maximum absolute atomic E-state index is 12.9. The number of H-pyrrole nitrogens is 2. The van der Waals surface area contributed by atoms with Crippen LogP contribution in [0.15, 0.2) is 41.3 Å². The molecule has 0 radical (unpaired) electrons. The Kier molecular flexibility index (Phi) is 4.23. The predicted octanol–water partition coefficient (Wildman–Crippen LogP) is 1.42. The van der Waals surface area contributed by atoms with E-state index in [0.717, 1.165) is 11.3 Å². The van der Waals surface area contributed by atoms with Gasteiger partial charge in [0.2, 0.25) is 5.95 Å². The first-order valence-electron chi connectivity index (χ1n) is 8.71. The van der Waals surface area contributed by atoms with E-state index in [4.69, 9.17) is 0 Å². The van der Waals surface area contributed by atoms with Crippen LogP contribution in [0.1, 0.15) is 21.6 Å². The Bertz CT molecular complexity index is 1020. The average Bonchev–Trinajstić information content (AvgIpc) is 3.22. The Morgan fingerprint density at radius 2 is 1.96 bits per heavy atom. The number of anilines is 1. The van der Waals surface area contributed by atoms with Crippen LogP contribution in [0.25, 0.3) is 11.3 Å². The topological polar surface area (TPSA) is 98.0 Å². The standard InChI is InChI=1S/C19H20N6O2/c1-24(2)19-21-16-11-25(10-8-14(16)17(26)22-19)18(27)13-5-3-12(4-6-13)15-7-9-20-23-15/h3-7,9H,8,10-11H2,1-2H3,(H,20,23)(H,21,22,26). The van der Waals surface area contributed by atoms with Crippen molar-refractivity contribution in [3.63, 3.8) is 0 Å². The van der Waals surface area contributed by atoms with Crippen molar-refractivity contribution in [2.24, 2.45) is 0 Å². The molecule has 0 aliphatic carbocycles. The summed E-state index contributed by atoms with van der Waals surface area (Å²) in [6.07, 6.45) is 2.19. The van der Waals surface area contributed by atoms with E-state index >= 15 is 0 Å². The van der Waals surface area contributed by atoms with Crippen molar-refractivity contribution in [2.75, 3.05) is 25.5 Å². The van der Waals surface area contributed by atoms with E-state index in [1.165, 1.54) is 0 Å². The summed E-state index contributed by atoms with van der Waals surface area (Å²) in [7, 11) is 3.63. The number of nitrogens with zero attached hydrogens (tertiary/aromatic N) is 4. The second-order valence-corrected chi connectivity index (χ2v) is 6.73. The van der Waals surface area contributed by atoms with Crippen molar-refractivity contribution < 1.29 is 4.79 Å². The summed E-state index contributed by atoms with van der Waals surface area (Å²) >= 11 is 0. The van der Waals surface area contributed by atoms with Crippen LogP contribution in [0, 0.1) is 0 Å². The van der Waals surface area contributed by atoms with Crippen molar-refractivity contribution in [1.82, 2.24) is 25.1 Å². The van der Waals surface area contributed by atoms with Gasteiger partial charge in [0.25, 0.3) is 11.5 Å². The highest BCUT2D eigenvalue weighted by Gasteiger charge is 2.25. The van der Waals surface area contributed by atoms with Gasteiger partial charge in [-0.05, 0) is 30.2 Å². The SMILES string of the molecule is CN(C)c1nc2c(c(=O)[nH]1)CCN(C(=O)c1ccc(-c3ccn[nH]3)cc1)C2. The van der Waals surface area contributed by atoms with Crippen molar-refractivity contribution in [3.8, 4) is 11.3 Å². The summed E-state index contributed by atoms with van der Waals surface area (Å²) in [6, 6.07) is 9.29. The molecule has 0 fully saturated rings. The van der Waals surface area contributed by atoms with Crippen LogP contribution in [-0.2, 0) is 13.0 Å². The Morgan fingerprint density at radius 3 is 2.63 bits per heavy atom. The lowest BCUT2D eigenvalue weighted by atomic mass is 10.0. The summed E-state index contributed by atoms with van der Waals surface area (Å²) in [5, 5.41) is 6.84. The van der Waals surface area contributed by atoms with Gasteiger partial charge in [0.05, 0.1) is 17.9 Å². The molecule has 0 saturated carbocycles. The van der Waals surface area contributed by atoms with E-state index in [0.29, 0.717) is 42.3 Å². The molecule has 8 nitrogen and oxygen atoms in total. The Labute approximate surface area is 155 Å². The van der Waals surface area contributed by atoms with Gasteiger partial charge in [-0.1, -0.05) is 12.1 Å². The molecule has 2 N–H and O–H groups in total. The molecule has 1 amide bonds. The lowest BCUT2D eigenvalue weighted by molar-refractivity contribution is 0.0731. The van der Waals surface area contributed by atoms with Gasteiger partial charge >= 0.3 is 0 Å². The molecule has 27 heavy (non-hydrogen) atoms. The van der Waals surface area contributed by atoms with Crippen LogP contribution >= 0.6 is 0 Å². The number of amides is 1. The van der Waals surface area contributed by atoms with E-state index in [-0.39, 0.29) is 11.5 Å². The van der Waals surface area contributed by atoms with Crippen LogP contribution in [-0.4, -0.2) is 51.6 Å². The highest BCUT2D eigenvalue weighted by Crippen LogP contribution is 2.20. The van der Waals surface area contributed by atoms with Crippen LogP contribution in [0.2, 0.25) is 0 Å². The number of hydrogen-bond acceptors (Lipinski definition) is 5. The minimum atomic E-state index is -0.125. The zero-order chi connectivity index (χ0) is 19.0. The van der Waals surface area contributed by atoms with Gasteiger partial charge in [0, 0.05) is 38.0 Å². The molecule has 1 aliphatic heterocycles. The average molecular weight is 364 g/mol. The van der Waals surface area contributed by atoms with Gasteiger partial charge in [-0.25, -0.2) is 4.98 Å². The van der Waals surface area contributed by atoms with Gasteiger partial charge in [0.1, 0.15) is 0 Å². The lowest BCUT2D eigenvalue weighted by Crippen LogP contribution is -2.39. The largest absolute Gasteiger partial charge is 0.348 e. The molecule has 0 spiro atoms. The second-order valence-electron chi connectivity index (χ2n) is 6.73. The van der Waals surface area contributed by atoms with Crippen LogP contribution in [0.3, 0.4) is 0 Å². The smallest absolute Gasteiger partial charge is 0.255 e. The first kappa shape index (κ1) is 17.0. The van der Waals surface area contributed by atoms with Crippen molar-refractivity contribution >= 4 is 11.9 Å². The molecule has 3 heterocycles. The predicted molar refractivity (Wildman–Crippen MR) is 102 cm³/mol. The van der Waals surface area contributed by atoms with E-state index in [9.17, 15) is 9.59 Å². The molecular formula is C19H20N6O2. The Morgan fingerprint density at radius 1 is 1.19 bits per heavy atom. The van der Waals surface area contributed by atoms with Crippen LogP contribution in [0.5, 0.6) is 0 Å². The first-order chi connectivity index (χ1) is 13.0. The molecular weight excluding hydrogens is 344 g/mol. The molecule has 0 atom stereocenters. The molecule has 1 aliphatic rings. The maximum atomic E-state index is 12.9. The molecule has 0 bridgehead atoms. The first-order valence-corrected chi connectivity index (χ1v) is 8.71. The third kappa shape index (κ3) is 3.21. The van der Waals surface area contributed by atoms with E-state index in [1.807, 2.05) is 44.4 Å². The number of nitrogens with one attached hydrogen (secondary N) is 2. The summed E-state index contributed by atoms with van der Waals surface area (Å²) in [6.45, 7) is 0.835. The fourth-order valence-corrected chi connectivity index (χ4v) is 3.20. The van der Waals surface area contributed by atoms with Crippen LogP contribution in [0.4, 0.5) is 5.95 Å².